The molecule has 0 unspecified atom stereocenters. The lowest BCUT2D eigenvalue weighted by Gasteiger charge is -2.22. The number of benzene rings is 2. The summed E-state index contributed by atoms with van der Waals surface area (Å²) in [5.74, 6) is 0. The van der Waals surface area contributed by atoms with Gasteiger partial charge in [0.15, 0.2) is 0 Å². The number of nitrogen functional groups attached to an aromatic ring is 1. The minimum atomic E-state index is -3.61. The predicted octanol–water partition coefficient (Wildman–Crippen LogP) is 3.02. The van der Waals surface area contributed by atoms with Crippen LogP contribution in [0.15, 0.2) is 41.3 Å². The lowest BCUT2D eigenvalue weighted by molar-refractivity contribution is 0.593. The van der Waals surface area contributed by atoms with Gasteiger partial charge >= 0.3 is 0 Å². The zero-order valence-electron chi connectivity index (χ0n) is 12.7. The first kappa shape index (κ1) is 15.4. The van der Waals surface area contributed by atoms with Crippen molar-refractivity contribution in [2.75, 3.05) is 17.1 Å². The maximum atomic E-state index is 12.9. The van der Waals surface area contributed by atoms with Crippen molar-refractivity contribution in [1.29, 1.82) is 0 Å². The van der Waals surface area contributed by atoms with Crippen LogP contribution in [0.1, 0.15) is 16.7 Å². The number of aryl methyl sites for hydroxylation is 3. The van der Waals surface area contributed by atoms with E-state index in [1.54, 1.807) is 45.2 Å². The van der Waals surface area contributed by atoms with Crippen molar-refractivity contribution in [3.8, 4) is 0 Å². The van der Waals surface area contributed by atoms with Crippen molar-refractivity contribution in [3.05, 3.63) is 53.1 Å². The standard InChI is InChI=1S/C16H20N2O2S/c1-11-5-7-15(8-6-11)18(4)21(19,20)16-12(2)9-14(17)10-13(16)3/h5-10H,17H2,1-4H3. The van der Waals surface area contributed by atoms with Gasteiger partial charge in [-0.2, -0.15) is 0 Å². The smallest absolute Gasteiger partial charge is 0.264 e. The van der Waals surface area contributed by atoms with Gasteiger partial charge in [0.05, 0.1) is 10.6 Å². The predicted molar refractivity (Wildman–Crippen MR) is 87.1 cm³/mol. The average molecular weight is 304 g/mol. The van der Waals surface area contributed by atoms with E-state index in [1.165, 1.54) is 4.31 Å². The van der Waals surface area contributed by atoms with Crippen molar-refractivity contribution < 1.29 is 8.42 Å². The Labute approximate surface area is 126 Å². The van der Waals surface area contributed by atoms with E-state index in [1.807, 2.05) is 19.1 Å². The molecule has 0 aliphatic rings. The number of hydrogen-bond acceptors (Lipinski definition) is 3. The van der Waals surface area contributed by atoms with Crippen LogP contribution < -0.4 is 10.0 Å². The summed E-state index contributed by atoms with van der Waals surface area (Å²) in [5, 5.41) is 0. The third-order valence-electron chi connectivity index (χ3n) is 3.50. The Morgan fingerprint density at radius 3 is 1.90 bits per heavy atom. The molecule has 2 aromatic rings. The second-order valence-corrected chi connectivity index (χ2v) is 7.20. The molecular weight excluding hydrogens is 284 g/mol. The van der Waals surface area contributed by atoms with Gasteiger partial charge in [-0.05, 0) is 56.2 Å². The highest BCUT2D eigenvalue weighted by Gasteiger charge is 2.25. The van der Waals surface area contributed by atoms with Crippen LogP contribution in [0.3, 0.4) is 0 Å². The van der Waals surface area contributed by atoms with Crippen LogP contribution in [0, 0.1) is 20.8 Å². The zero-order valence-corrected chi connectivity index (χ0v) is 13.5. The number of sulfonamides is 1. The largest absolute Gasteiger partial charge is 0.399 e. The van der Waals surface area contributed by atoms with Gasteiger partial charge in [-0.25, -0.2) is 8.42 Å². The van der Waals surface area contributed by atoms with Crippen molar-refractivity contribution >= 4 is 21.4 Å². The van der Waals surface area contributed by atoms with Crippen LogP contribution >= 0.6 is 0 Å². The minimum absolute atomic E-state index is 0.319. The van der Waals surface area contributed by atoms with Gasteiger partial charge < -0.3 is 5.73 Å². The fourth-order valence-electron chi connectivity index (χ4n) is 2.42. The molecule has 0 aliphatic heterocycles. The van der Waals surface area contributed by atoms with Crippen molar-refractivity contribution in [2.45, 2.75) is 25.7 Å². The summed E-state index contributed by atoms with van der Waals surface area (Å²) >= 11 is 0. The summed E-state index contributed by atoms with van der Waals surface area (Å²) in [5.41, 5.74) is 9.38. The molecule has 2 aromatic carbocycles. The quantitative estimate of drug-likeness (QED) is 0.887. The van der Waals surface area contributed by atoms with Crippen molar-refractivity contribution in [3.63, 3.8) is 0 Å². The lowest BCUT2D eigenvalue weighted by Crippen LogP contribution is -2.28. The van der Waals surface area contributed by atoms with Crippen LogP contribution in [-0.2, 0) is 10.0 Å². The third kappa shape index (κ3) is 2.88. The minimum Gasteiger partial charge on any atom is -0.399 e. The first-order valence-corrected chi connectivity index (χ1v) is 8.10. The molecule has 0 atom stereocenters. The average Bonchev–Trinajstić information content (AvgIpc) is 2.37. The topological polar surface area (TPSA) is 63.4 Å². The van der Waals surface area contributed by atoms with Gasteiger partial charge in [-0.1, -0.05) is 17.7 Å². The molecule has 21 heavy (non-hydrogen) atoms. The maximum absolute atomic E-state index is 12.9. The first-order chi connectivity index (χ1) is 9.73. The SMILES string of the molecule is Cc1ccc(N(C)S(=O)(=O)c2c(C)cc(N)cc2C)cc1. The highest BCUT2D eigenvalue weighted by Crippen LogP contribution is 2.28. The second-order valence-electron chi connectivity index (χ2n) is 5.29. The second kappa shape index (κ2) is 5.41. The zero-order chi connectivity index (χ0) is 15.8. The summed E-state index contributed by atoms with van der Waals surface area (Å²) in [6, 6.07) is 10.8. The summed E-state index contributed by atoms with van der Waals surface area (Å²) in [6.45, 7) is 5.49. The highest BCUT2D eigenvalue weighted by atomic mass is 32.2. The molecular formula is C16H20N2O2S. The van der Waals surface area contributed by atoms with Crippen LogP contribution in [0.25, 0.3) is 0 Å². The normalized spacial score (nSPS) is 11.4. The van der Waals surface area contributed by atoms with E-state index in [4.69, 9.17) is 5.73 Å². The van der Waals surface area contributed by atoms with Gasteiger partial charge in [-0.3, -0.25) is 4.31 Å². The van der Waals surface area contributed by atoms with Crippen LogP contribution in [0.5, 0.6) is 0 Å². The lowest BCUT2D eigenvalue weighted by atomic mass is 10.1. The van der Waals surface area contributed by atoms with E-state index in [2.05, 4.69) is 0 Å². The Morgan fingerprint density at radius 2 is 1.43 bits per heavy atom. The molecule has 112 valence electrons. The van der Waals surface area contributed by atoms with Gasteiger partial charge in [0, 0.05) is 12.7 Å². The molecule has 2 N–H and O–H groups in total. The molecule has 0 saturated heterocycles. The van der Waals surface area contributed by atoms with E-state index in [0.29, 0.717) is 27.4 Å². The van der Waals surface area contributed by atoms with Crippen LogP contribution in [-0.4, -0.2) is 15.5 Å². The number of nitrogens with zero attached hydrogens (tertiary/aromatic N) is 1. The number of nitrogens with two attached hydrogens (primary N) is 1. The molecule has 0 spiro atoms. The van der Waals surface area contributed by atoms with Crippen molar-refractivity contribution in [1.82, 2.24) is 0 Å². The van der Waals surface area contributed by atoms with E-state index in [-0.39, 0.29) is 0 Å². The molecule has 0 fully saturated rings. The first-order valence-electron chi connectivity index (χ1n) is 6.66. The van der Waals surface area contributed by atoms with Gasteiger partial charge in [0.1, 0.15) is 0 Å². The molecule has 0 saturated carbocycles. The molecule has 4 nitrogen and oxygen atoms in total. The van der Waals surface area contributed by atoms with E-state index >= 15 is 0 Å². The third-order valence-corrected chi connectivity index (χ3v) is 5.59. The summed E-state index contributed by atoms with van der Waals surface area (Å²) in [6.07, 6.45) is 0. The van der Waals surface area contributed by atoms with E-state index in [0.717, 1.165) is 5.56 Å². The Bertz CT molecular complexity index is 742. The van der Waals surface area contributed by atoms with Gasteiger partial charge in [0.25, 0.3) is 10.0 Å². The molecule has 2 rings (SSSR count). The number of rotatable bonds is 3. The Morgan fingerprint density at radius 1 is 0.952 bits per heavy atom. The monoisotopic (exact) mass is 304 g/mol. The fourth-order valence-corrected chi connectivity index (χ4v) is 4.03. The summed E-state index contributed by atoms with van der Waals surface area (Å²) < 4.78 is 27.0. The molecule has 0 aliphatic carbocycles. The Hall–Kier alpha value is -2.01. The molecule has 5 heteroatoms. The van der Waals surface area contributed by atoms with Gasteiger partial charge in [-0.15, -0.1) is 0 Å². The molecule has 0 heterocycles. The summed E-state index contributed by atoms with van der Waals surface area (Å²) in [7, 11) is -2.04. The molecule has 0 radical (unpaired) electrons. The summed E-state index contributed by atoms with van der Waals surface area (Å²) in [4.78, 5) is 0.319. The van der Waals surface area contributed by atoms with Crippen LogP contribution in [0.2, 0.25) is 0 Å². The molecule has 0 amide bonds. The maximum Gasteiger partial charge on any atom is 0.264 e. The van der Waals surface area contributed by atoms with Crippen LogP contribution in [0.4, 0.5) is 11.4 Å². The van der Waals surface area contributed by atoms with Crippen molar-refractivity contribution in [2.24, 2.45) is 0 Å². The van der Waals surface area contributed by atoms with E-state index < -0.39 is 10.0 Å². The highest BCUT2D eigenvalue weighted by molar-refractivity contribution is 7.92. The fraction of sp³-hybridized carbons (Fsp3) is 0.250. The Balaban J connectivity index is 2.54. The Kier molecular flexibility index (Phi) is 3.96. The number of anilines is 2. The molecule has 0 aromatic heterocycles. The molecule has 0 bridgehead atoms. The number of hydrogen-bond donors (Lipinski definition) is 1. The van der Waals surface area contributed by atoms with Gasteiger partial charge in [0.2, 0.25) is 0 Å². The van der Waals surface area contributed by atoms with E-state index in [9.17, 15) is 8.42 Å².